The molecule has 0 fully saturated rings. The highest BCUT2D eigenvalue weighted by Gasteiger charge is 2.15. The number of methoxy groups -OCH3 is 1. The molecular weight excluding hydrogens is 245 g/mol. The molecule has 0 radical (unpaired) electrons. The molecule has 0 saturated heterocycles. The van der Waals surface area contributed by atoms with Crippen molar-refractivity contribution in [3.63, 3.8) is 0 Å². The maximum atomic E-state index is 14.0. The Morgan fingerprint density at radius 3 is 2.63 bits per heavy atom. The van der Waals surface area contributed by atoms with Crippen LogP contribution in [-0.2, 0) is 0 Å². The number of benzene rings is 1. The first-order chi connectivity index (χ1) is 9.02. The summed E-state index contributed by atoms with van der Waals surface area (Å²) in [6, 6.07) is 4.73. The number of H-pyrrole nitrogens is 1. The van der Waals surface area contributed by atoms with Gasteiger partial charge in [-0.2, -0.15) is 5.10 Å². The Hall–Kier alpha value is -2.04. The van der Waals surface area contributed by atoms with Crippen molar-refractivity contribution in [3.05, 3.63) is 41.0 Å². The first-order valence-electron chi connectivity index (χ1n) is 6.14. The molecule has 0 aliphatic rings. The van der Waals surface area contributed by atoms with E-state index in [2.05, 4.69) is 15.5 Å². The molecule has 5 heteroatoms. The highest BCUT2D eigenvalue weighted by atomic mass is 19.1. The zero-order chi connectivity index (χ0) is 14.0. The number of nitrogens with zero attached hydrogens (tertiary/aromatic N) is 1. The normalized spacial score (nSPS) is 12.3. The third-order valence-electron chi connectivity index (χ3n) is 3.16. The minimum atomic E-state index is -0.279. The molecule has 1 aromatic heterocycles. The molecule has 0 bridgehead atoms. The lowest BCUT2D eigenvalue weighted by Gasteiger charge is -2.17. The van der Waals surface area contributed by atoms with E-state index in [4.69, 9.17) is 4.74 Å². The van der Waals surface area contributed by atoms with Gasteiger partial charge in [0.05, 0.1) is 30.2 Å². The minimum Gasteiger partial charge on any atom is -0.497 e. The van der Waals surface area contributed by atoms with E-state index in [-0.39, 0.29) is 11.9 Å². The van der Waals surface area contributed by atoms with E-state index >= 15 is 0 Å². The van der Waals surface area contributed by atoms with Gasteiger partial charge in [-0.05, 0) is 26.8 Å². The van der Waals surface area contributed by atoms with E-state index in [0.717, 1.165) is 17.1 Å². The number of ether oxygens (including phenoxy) is 1. The first-order valence-corrected chi connectivity index (χ1v) is 6.14. The van der Waals surface area contributed by atoms with Gasteiger partial charge in [-0.1, -0.05) is 6.07 Å². The maximum Gasteiger partial charge on any atom is 0.132 e. The van der Waals surface area contributed by atoms with Crippen LogP contribution in [0.5, 0.6) is 5.75 Å². The van der Waals surface area contributed by atoms with Gasteiger partial charge in [-0.25, -0.2) is 4.39 Å². The minimum absolute atomic E-state index is 0.152. The van der Waals surface area contributed by atoms with Gasteiger partial charge in [0.25, 0.3) is 0 Å². The van der Waals surface area contributed by atoms with E-state index in [9.17, 15) is 4.39 Å². The van der Waals surface area contributed by atoms with Gasteiger partial charge in [-0.3, -0.25) is 5.10 Å². The largest absolute Gasteiger partial charge is 0.497 e. The SMILES string of the molecule is COc1ccc(C(C)Nc2c(C)n[nH]c2C)c(F)c1. The number of aryl methyl sites for hydroxylation is 2. The Morgan fingerprint density at radius 1 is 1.37 bits per heavy atom. The number of nitrogens with one attached hydrogen (secondary N) is 2. The smallest absolute Gasteiger partial charge is 0.132 e. The van der Waals surface area contributed by atoms with E-state index in [1.807, 2.05) is 20.8 Å². The molecular formula is C14H18FN3O. The molecule has 2 aromatic rings. The van der Waals surface area contributed by atoms with Crippen LogP contribution in [0.2, 0.25) is 0 Å². The quantitative estimate of drug-likeness (QED) is 0.889. The summed E-state index contributed by atoms with van der Waals surface area (Å²) in [4.78, 5) is 0. The summed E-state index contributed by atoms with van der Waals surface area (Å²) in [6.07, 6.45) is 0. The number of aromatic amines is 1. The molecule has 2 rings (SSSR count). The average molecular weight is 263 g/mol. The number of anilines is 1. The van der Waals surface area contributed by atoms with Crippen molar-refractivity contribution >= 4 is 5.69 Å². The summed E-state index contributed by atoms with van der Waals surface area (Å²) in [5, 5.41) is 10.3. The molecule has 1 unspecified atom stereocenters. The predicted octanol–water partition coefficient (Wildman–Crippen LogP) is 3.35. The summed E-state index contributed by atoms with van der Waals surface area (Å²) in [7, 11) is 1.52. The lowest BCUT2D eigenvalue weighted by Crippen LogP contribution is -2.09. The standard InChI is InChI=1S/C14H18FN3O/c1-8(16-14-9(2)17-18-10(14)3)12-6-5-11(19-4)7-13(12)15/h5-8,16H,1-4H3,(H,17,18). The van der Waals surface area contributed by atoms with Crippen LogP contribution in [0.4, 0.5) is 10.1 Å². The fraction of sp³-hybridized carbons (Fsp3) is 0.357. The van der Waals surface area contributed by atoms with Crippen molar-refractivity contribution in [3.8, 4) is 5.75 Å². The Kier molecular flexibility index (Phi) is 3.74. The molecule has 1 aromatic carbocycles. The second-order valence-electron chi connectivity index (χ2n) is 4.56. The topological polar surface area (TPSA) is 49.9 Å². The van der Waals surface area contributed by atoms with Crippen LogP contribution >= 0.6 is 0 Å². The molecule has 102 valence electrons. The molecule has 0 aliphatic heterocycles. The van der Waals surface area contributed by atoms with Gasteiger partial charge >= 0.3 is 0 Å². The number of hydrogen-bond acceptors (Lipinski definition) is 3. The van der Waals surface area contributed by atoms with E-state index in [0.29, 0.717) is 11.3 Å². The number of aromatic nitrogens is 2. The van der Waals surface area contributed by atoms with Gasteiger partial charge in [0.1, 0.15) is 11.6 Å². The monoisotopic (exact) mass is 263 g/mol. The lowest BCUT2D eigenvalue weighted by molar-refractivity contribution is 0.410. The van der Waals surface area contributed by atoms with Crippen molar-refractivity contribution in [2.75, 3.05) is 12.4 Å². The maximum absolute atomic E-state index is 14.0. The Balaban J connectivity index is 2.23. The first kappa shape index (κ1) is 13.4. The third-order valence-corrected chi connectivity index (χ3v) is 3.16. The van der Waals surface area contributed by atoms with Crippen LogP contribution in [0.3, 0.4) is 0 Å². The average Bonchev–Trinajstić information content (AvgIpc) is 2.70. The summed E-state index contributed by atoms with van der Waals surface area (Å²) < 4.78 is 19.0. The van der Waals surface area contributed by atoms with Crippen molar-refractivity contribution < 1.29 is 9.13 Å². The molecule has 19 heavy (non-hydrogen) atoms. The second kappa shape index (κ2) is 5.30. The number of rotatable bonds is 4. The Bertz CT molecular complexity index is 561. The molecule has 0 spiro atoms. The van der Waals surface area contributed by atoms with Gasteiger partial charge < -0.3 is 10.1 Å². The molecule has 1 atom stereocenters. The summed E-state index contributed by atoms with van der Waals surface area (Å²) in [5.74, 6) is 0.238. The van der Waals surface area contributed by atoms with Crippen LogP contribution in [0.1, 0.15) is 29.9 Å². The van der Waals surface area contributed by atoms with Crippen LogP contribution in [0.25, 0.3) is 0 Å². The molecule has 1 heterocycles. The number of halogens is 1. The zero-order valence-electron chi connectivity index (χ0n) is 11.5. The third kappa shape index (κ3) is 2.70. The lowest BCUT2D eigenvalue weighted by atomic mass is 10.1. The zero-order valence-corrected chi connectivity index (χ0v) is 11.5. The van der Waals surface area contributed by atoms with Gasteiger partial charge in [0.2, 0.25) is 0 Å². The fourth-order valence-corrected chi connectivity index (χ4v) is 2.04. The van der Waals surface area contributed by atoms with Gasteiger partial charge in [-0.15, -0.1) is 0 Å². The molecule has 4 nitrogen and oxygen atoms in total. The van der Waals surface area contributed by atoms with Crippen molar-refractivity contribution in [1.82, 2.24) is 10.2 Å². The Labute approximate surface area is 112 Å². The predicted molar refractivity (Wildman–Crippen MR) is 73.1 cm³/mol. The molecule has 0 aliphatic carbocycles. The van der Waals surface area contributed by atoms with Crippen molar-refractivity contribution in [2.45, 2.75) is 26.8 Å². The second-order valence-corrected chi connectivity index (χ2v) is 4.56. The summed E-state index contributed by atoms with van der Waals surface area (Å²) >= 11 is 0. The highest BCUT2D eigenvalue weighted by Crippen LogP contribution is 2.27. The van der Waals surface area contributed by atoms with Gasteiger partial charge in [0.15, 0.2) is 0 Å². The van der Waals surface area contributed by atoms with E-state index in [1.165, 1.54) is 13.2 Å². The molecule has 2 N–H and O–H groups in total. The van der Waals surface area contributed by atoms with E-state index in [1.54, 1.807) is 12.1 Å². The number of hydrogen-bond donors (Lipinski definition) is 2. The van der Waals surface area contributed by atoms with Crippen molar-refractivity contribution in [1.29, 1.82) is 0 Å². The van der Waals surface area contributed by atoms with Gasteiger partial charge in [0, 0.05) is 11.6 Å². The van der Waals surface area contributed by atoms with Crippen LogP contribution < -0.4 is 10.1 Å². The van der Waals surface area contributed by atoms with Crippen LogP contribution in [0.15, 0.2) is 18.2 Å². The summed E-state index contributed by atoms with van der Waals surface area (Å²) in [6.45, 7) is 5.75. The van der Waals surface area contributed by atoms with Crippen molar-refractivity contribution in [2.24, 2.45) is 0 Å². The van der Waals surface area contributed by atoms with Crippen LogP contribution in [-0.4, -0.2) is 17.3 Å². The molecule has 0 saturated carbocycles. The Morgan fingerprint density at radius 2 is 2.11 bits per heavy atom. The van der Waals surface area contributed by atoms with Crippen LogP contribution in [0, 0.1) is 19.7 Å². The highest BCUT2D eigenvalue weighted by molar-refractivity contribution is 5.53. The molecule has 0 amide bonds. The van der Waals surface area contributed by atoms with E-state index < -0.39 is 0 Å². The fourth-order valence-electron chi connectivity index (χ4n) is 2.04. The summed E-state index contributed by atoms with van der Waals surface area (Å²) in [5.41, 5.74) is 3.33.